The van der Waals surface area contributed by atoms with Crippen molar-refractivity contribution in [3.63, 3.8) is 0 Å². The van der Waals surface area contributed by atoms with Gasteiger partial charge in [0, 0.05) is 6.20 Å². The van der Waals surface area contributed by atoms with Gasteiger partial charge in [-0.25, -0.2) is 4.98 Å². The molecule has 0 aromatic carbocycles. The molecule has 1 fully saturated rings. The van der Waals surface area contributed by atoms with Crippen LogP contribution < -0.4 is 0 Å². The summed E-state index contributed by atoms with van der Waals surface area (Å²) in [5.74, 6) is -0.681. The Hall–Kier alpha value is -1.09. The summed E-state index contributed by atoms with van der Waals surface area (Å²) in [4.78, 5) is 15.3. The molecule has 0 saturated heterocycles. The molecule has 4 heteroatoms. The van der Waals surface area contributed by atoms with Crippen molar-refractivity contribution in [3.8, 4) is 0 Å². The van der Waals surface area contributed by atoms with E-state index < -0.39 is 11.4 Å². The fourth-order valence-corrected chi connectivity index (χ4v) is 2.53. The Morgan fingerprint density at radius 2 is 2.12 bits per heavy atom. The number of aliphatic carboxylic acids is 1. The van der Waals surface area contributed by atoms with E-state index in [1.54, 1.807) is 12.3 Å². The van der Waals surface area contributed by atoms with E-state index in [0.29, 0.717) is 11.6 Å². The standard InChI is InChI=1S/C12H14ClNO2/c13-10-4-3-9(8-14-10)7-12(11(15)16)5-1-2-6-12/h3-4,8H,1-2,5-7H2,(H,15,16). The lowest BCUT2D eigenvalue weighted by molar-refractivity contribution is -0.148. The van der Waals surface area contributed by atoms with Crippen LogP contribution in [0.15, 0.2) is 18.3 Å². The summed E-state index contributed by atoms with van der Waals surface area (Å²) >= 11 is 5.70. The molecule has 1 saturated carbocycles. The first-order valence-electron chi connectivity index (χ1n) is 5.46. The van der Waals surface area contributed by atoms with E-state index in [-0.39, 0.29) is 0 Å². The summed E-state index contributed by atoms with van der Waals surface area (Å²) in [5, 5.41) is 9.78. The molecular weight excluding hydrogens is 226 g/mol. The summed E-state index contributed by atoms with van der Waals surface area (Å²) in [5.41, 5.74) is 0.379. The molecule has 1 aromatic rings. The van der Waals surface area contributed by atoms with Crippen molar-refractivity contribution in [2.45, 2.75) is 32.1 Å². The first-order valence-corrected chi connectivity index (χ1v) is 5.84. The van der Waals surface area contributed by atoms with E-state index in [2.05, 4.69) is 4.98 Å². The maximum absolute atomic E-state index is 11.3. The van der Waals surface area contributed by atoms with E-state index in [1.165, 1.54) is 0 Å². The van der Waals surface area contributed by atoms with Gasteiger partial charge in [0.15, 0.2) is 0 Å². The summed E-state index contributed by atoms with van der Waals surface area (Å²) in [6.45, 7) is 0. The number of pyridine rings is 1. The monoisotopic (exact) mass is 239 g/mol. The number of carbonyl (C=O) groups is 1. The fraction of sp³-hybridized carbons (Fsp3) is 0.500. The third-order valence-corrected chi connectivity index (χ3v) is 3.57. The lowest BCUT2D eigenvalue weighted by Gasteiger charge is -2.23. The minimum Gasteiger partial charge on any atom is -0.481 e. The van der Waals surface area contributed by atoms with E-state index >= 15 is 0 Å². The molecule has 0 amide bonds. The van der Waals surface area contributed by atoms with Gasteiger partial charge in [0.05, 0.1) is 5.41 Å². The lowest BCUT2D eigenvalue weighted by atomic mass is 9.80. The minimum absolute atomic E-state index is 0.444. The predicted octanol–water partition coefficient (Wildman–Crippen LogP) is 2.92. The van der Waals surface area contributed by atoms with Crippen molar-refractivity contribution in [2.24, 2.45) is 5.41 Å². The van der Waals surface area contributed by atoms with Gasteiger partial charge >= 0.3 is 5.97 Å². The number of carboxylic acid groups (broad SMARTS) is 1. The predicted molar refractivity (Wildman–Crippen MR) is 61.5 cm³/mol. The summed E-state index contributed by atoms with van der Waals surface area (Å²) in [6.07, 6.45) is 5.79. The number of hydrogen-bond donors (Lipinski definition) is 1. The molecule has 0 spiro atoms. The summed E-state index contributed by atoms with van der Waals surface area (Å²) < 4.78 is 0. The van der Waals surface area contributed by atoms with Gasteiger partial charge in [-0.1, -0.05) is 30.5 Å². The average molecular weight is 240 g/mol. The number of nitrogens with zero attached hydrogens (tertiary/aromatic N) is 1. The van der Waals surface area contributed by atoms with Crippen molar-refractivity contribution in [2.75, 3.05) is 0 Å². The van der Waals surface area contributed by atoms with Crippen LogP contribution in [0, 0.1) is 5.41 Å². The zero-order valence-corrected chi connectivity index (χ0v) is 9.70. The molecule has 1 aliphatic rings. The van der Waals surface area contributed by atoms with E-state index in [4.69, 9.17) is 11.6 Å². The van der Waals surface area contributed by atoms with Gasteiger partial charge in [-0.2, -0.15) is 0 Å². The molecule has 0 bridgehead atoms. The van der Waals surface area contributed by atoms with E-state index in [0.717, 1.165) is 31.2 Å². The molecule has 1 heterocycles. The summed E-state index contributed by atoms with van der Waals surface area (Å²) in [6, 6.07) is 3.57. The van der Waals surface area contributed by atoms with E-state index in [1.807, 2.05) is 6.07 Å². The second kappa shape index (κ2) is 4.42. The van der Waals surface area contributed by atoms with Gasteiger partial charge in [-0.3, -0.25) is 4.79 Å². The Bertz CT molecular complexity index is 383. The van der Waals surface area contributed by atoms with Crippen LogP contribution >= 0.6 is 11.6 Å². The maximum Gasteiger partial charge on any atom is 0.309 e. The topological polar surface area (TPSA) is 50.2 Å². The number of halogens is 1. The number of rotatable bonds is 3. The molecule has 0 unspecified atom stereocenters. The highest BCUT2D eigenvalue weighted by Gasteiger charge is 2.41. The van der Waals surface area contributed by atoms with Crippen molar-refractivity contribution < 1.29 is 9.90 Å². The Kier molecular flexibility index (Phi) is 3.15. The average Bonchev–Trinajstić information content (AvgIpc) is 2.71. The first kappa shape index (κ1) is 11.4. The van der Waals surface area contributed by atoms with Gasteiger partial charge in [-0.05, 0) is 30.9 Å². The van der Waals surface area contributed by atoms with Crippen LogP contribution in [-0.4, -0.2) is 16.1 Å². The Morgan fingerprint density at radius 3 is 2.62 bits per heavy atom. The Balaban J connectivity index is 2.18. The number of hydrogen-bond acceptors (Lipinski definition) is 2. The smallest absolute Gasteiger partial charge is 0.309 e. The quantitative estimate of drug-likeness (QED) is 0.826. The van der Waals surface area contributed by atoms with Gasteiger partial charge in [-0.15, -0.1) is 0 Å². The molecule has 1 N–H and O–H groups in total. The number of aromatic nitrogens is 1. The second-order valence-corrected chi connectivity index (χ2v) is 4.85. The van der Waals surface area contributed by atoms with Crippen molar-refractivity contribution >= 4 is 17.6 Å². The fourth-order valence-electron chi connectivity index (χ4n) is 2.42. The zero-order valence-electron chi connectivity index (χ0n) is 8.95. The van der Waals surface area contributed by atoms with Crippen molar-refractivity contribution in [1.82, 2.24) is 4.98 Å². The molecule has 0 radical (unpaired) electrons. The largest absolute Gasteiger partial charge is 0.481 e. The van der Waals surface area contributed by atoms with Gasteiger partial charge in [0.25, 0.3) is 0 Å². The first-order chi connectivity index (χ1) is 7.62. The minimum atomic E-state index is -0.681. The molecule has 3 nitrogen and oxygen atoms in total. The van der Waals surface area contributed by atoms with Crippen LogP contribution in [-0.2, 0) is 11.2 Å². The van der Waals surface area contributed by atoms with Crippen LogP contribution in [0.25, 0.3) is 0 Å². The molecule has 2 rings (SSSR count). The zero-order chi connectivity index (χ0) is 11.6. The van der Waals surface area contributed by atoms with Crippen LogP contribution in [0.4, 0.5) is 0 Å². The van der Waals surface area contributed by atoms with Gasteiger partial charge in [0.2, 0.25) is 0 Å². The highest BCUT2D eigenvalue weighted by Crippen LogP contribution is 2.41. The number of carboxylic acids is 1. The SMILES string of the molecule is O=C(O)C1(Cc2ccc(Cl)nc2)CCCC1. The van der Waals surface area contributed by atoms with Gasteiger partial charge in [0.1, 0.15) is 5.15 Å². The molecule has 1 aromatic heterocycles. The second-order valence-electron chi connectivity index (χ2n) is 4.46. The van der Waals surface area contributed by atoms with Crippen molar-refractivity contribution in [3.05, 3.63) is 29.0 Å². The van der Waals surface area contributed by atoms with Crippen LogP contribution in [0.2, 0.25) is 5.15 Å². The molecule has 86 valence electrons. The highest BCUT2D eigenvalue weighted by atomic mass is 35.5. The molecular formula is C12H14ClNO2. The normalized spacial score (nSPS) is 18.6. The van der Waals surface area contributed by atoms with Gasteiger partial charge < -0.3 is 5.11 Å². The molecule has 0 atom stereocenters. The molecule has 1 aliphatic carbocycles. The third kappa shape index (κ3) is 2.19. The van der Waals surface area contributed by atoms with Crippen LogP contribution in [0.1, 0.15) is 31.2 Å². The van der Waals surface area contributed by atoms with Crippen LogP contribution in [0.3, 0.4) is 0 Å². The maximum atomic E-state index is 11.3. The van der Waals surface area contributed by atoms with Crippen molar-refractivity contribution in [1.29, 1.82) is 0 Å². The van der Waals surface area contributed by atoms with E-state index in [9.17, 15) is 9.90 Å². The highest BCUT2D eigenvalue weighted by molar-refractivity contribution is 6.29. The molecule has 0 aliphatic heterocycles. The molecule has 16 heavy (non-hydrogen) atoms. The van der Waals surface area contributed by atoms with Crippen LogP contribution in [0.5, 0.6) is 0 Å². The Labute approximate surface area is 99.5 Å². The third-order valence-electron chi connectivity index (χ3n) is 3.35. The Morgan fingerprint density at radius 1 is 1.44 bits per heavy atom. The lowest BCUT2D eigenvalue weighted by Crippen LogP contribution is -2.30. The summed E-state index contributed by atoms with van der Waals surface area (Å²) in [7, 11) is 0.